The number of carboxylic acids is 1. The largest absolute Gasteiger partial charge is 0.490 e. The maximum atomic E-state index is 12.7. The van der Waals surface area contributed by atoms with E-state index >= 15 is 0 Å². The molecule has 11 nitrogen and oxygen atoms in total. The molecule has 2 saturated carbocycles. The number of nitrogens with zero attached hydrogens (tertiary/aromatic N) is 4. The number of aromatic nitrogens is 4. The molecule has 3 aromatic heterocycles. The second kappa shape index (κ2) is 9.43. The Morgan fingerprint density at radius 3 is 2.41 bits per heavy atom. The minimum Gasteiger partial charge on any atom is -0.475 e. The maximum Gasteiger partial charge on any atom is 0.490 e. The van der Waals surface area contributed by atoms with Gasteiger partial charge in [-0.2, -0.15) is 26.9 Å². The molecule has 0 aromatic carbocycles. The second-order valence-corrected chi connectivity index (χ2v) is 9.96. The molecule has 16 heteroatoms. The van der Waals surface area contributed by atoms with Crippen LogP contribution in [0.1, 0.15) is 67.5 Å². The van der Waals surface area contributed by atoms with E-state index in [2.05, 4.69) is 26.6 Å². The molecule has 5 heterocycles. The smallest absolute Gasteiger partial charge is 0.475 e. The summed E-state index contributed by atoms with van der Waals surface area (Å²) in [4.78, 5) is 34.2. The number of imidazole rings is 1. The minimum atomic E-state index is -5.08. The number of anilines is 1. The summed E-state index contributed by atoms with van der Waals surface area (Å²) in [6.07, 6.45) is 1.29. The summed E-state index contributed by atoms with van der Waals surface area (Å²) in [5, 5.41) is 9.71. The zero-order valence-corrected chi connectivity index (χ0v) is 20.3. The van der Waals surface area contributed by atoms with Gasteiger partial charge >= 0.3 is 18.6 Å². The Bertz CT molecular complexity index is 1410. The van der Waals surface area contributed by atoms with Gasteiger partial charge in [0.25, 0.3) is 17.7 Å². The number of hydrogen-bond acceptors (Lipinski definition) is 8. The second-order valence-electron chi connectivity index (χ2n) is 9.96. The predicted octanol–water partition coefficient (Wildman–Crippen LogP) is 4.29. The van der Waals surface area contributed by atoms with Crippen LogP contribution in [0.5, 0.6) is 5.88 Å². The van der Waals surface area contributed by atoms with E-state index < -0.39 is 30.4 Å². The fourth-order valence-corrected chi connectivity index (χ4v) is 4.84. The molecule has 4 fully saturated rings. The summed E-state index contributed by atoms with van der Waals surface area (Å²) in [5.41, 5.74) is 1.04. The van der Waals surface area contributed by atoms with Crippen molar-refractivity contribution in [3.63, 3.8) is 0 Å². The standard InChI is InChI=1S/C21H21F2N5O4.C2HF3O2/c1-20-8-21(9-20,10-31-20)13-5-28-6-14(26-17(29)12-7-30-18(24-12)15(22)23)27-19(16(28)25-13)32-11-3-2-4-11;3-2(4,5)1(6)7/h5-7,11,15H,2-4,8-10H2,1H3,(H,26,29);(H,6,7). The first kappa shape index (κ1) is 26.8. The number of alkyl halides is 5. The fourth-order valence-electron chi connectivity index (χ4n) is 4.84. The van der Waals surface area contributed by atoms with Gasteiger partial charge in [-0.25, -0.2) is 14.8 Å². The number of carbonyl (C=O) groups excluding carboxylic acids is 1. The highest BCUT2D eigenvalue weighted by Gasteiger charge is 2.61. The number of amides is 1. The van der Waals surface area contributed by atoms with Gasteiger partial charge in [0, 0.05) is 11.6 Å². The molecule has 2 saturated heterocycles. The average Bonchev–Trinajstić information content (AvgIpc) is 3.57. The molecule has 1 amide bonds. The first-order valence-corrected chi connectivity index (χ1v) is 11.8. The monoisotopic (exact) mass is 559 g/mol. The summed E-state index contributed by atoms with van der Waals surface area (Å²) in [6.45, 7) is 2.74. The van der Waals surface area contributed by atoms with Gasteiger partial charge in [0.15, 0.2) is 11.5 Å². The molecule has 0 unspecified atom stereocenters. The van der Waals surface area contributed by atoms with Crippen LogP contribution >= 0.6 is 0 Å². The van der Waals surface area contributed by atoms with Crippen LogP contribution in [0, 0.1) is 0 Å². The highest BCUT2D eigenvalue weighted by atomic mass is 19.4. The van der Waals surface area contributed by atoms with E-state index in [0.717, 1.165) is 44.1 Å². The van der Waals surface area contributed by atoms with Crippen LogP contribution in [-0.2, 0) is 14.9 Å². The van der Waals surface area contributed by atoms with E-state index in [-0.39, 0.29) is 28.6 Å². The first-order valence-electron chi connectivity index (χ1n) is 11.8. The van der Waals surface area contributed by atoms with E-state index in [4.69, 9.17) is 24.4 Å². The Morgan fingerprint density at radius 2 is 1.90 bits per heavy atom. The van der Waals surface area contributed by atoms with Crippen molar-refractivity contribution in [3.05, 3.63) is 35.9 Å². The molecule has 4 aliphatic rings. The average molecular weight is 559 g/mol. The van der Waals surface area contributed by atoms with Crippen molar-refractivity contribution in [2.75, 3.05) is 11.9 Å². The molecule has 39 heavy (non-hydrogen) atoms. The summed E-state index contributed by atoms with van der Waals surface area (Å²) < 4.78 is 75.6. The molecule has 0 spiro atoms. The van der Waals surface area contributed by atoms with Crippen LogP contribution in [-0.4, -0.2) is 60.8 Å². The molecular weight excluding hydrogens is 537 g/mol. The number of rotatable bonds is 6. The van der Waals surface area contributed by atoms with Crippen LogP contribution in [0.3, 0.4) is 0 Å². The van der Waals surface area contributed by atoms with Gasteiger partial charge in [-0.3, -0.25) is 9.20 Å². The van der Waals surface area contributed by atoms with Gasteiger partial charge < -0.3 is 24.3 Å². The molecule has 7 rings (SSSR count). The molecule has 2 bridgehead atoms. The lowest BCUT2D eigenvalue weighted by molar-refractivity contribution is -0.192. The van der Waals surface area contributed by atoms with E-state index in [0.29, 0.717) is 18.1 Å². The molecule has 0 atom stereocenters. The minimum absolute atomic E-state index is 0.0570. The normalized spacial score (nSPS) is 24.1. The van der Waals surface area contributed by atoms with E-state index in [1.165, 1.54) is 0 Å². The fraction of sp³-hybridized carbons (Fsp3) is 0.522. The van der Waals surface area contributed by atoms with Crippen molar-refractivity contribution in [2.45, 2.75) is 68.7 Å². The van der Waals surface area contributed by atoms with Crippen molar-refractivity contribution < 1.29 is 50.5 Å². The highest BCUT2D eigenvalue weighted by Crippen LogP contribution is 2.58. The van der Waals surface area contributed by atoms with Crippen LogP contribution in [0.25, 0.3) is 5.65 Å². The number of hydrogen-bond donors (Lipinski definition) is 2. The van der Waals surface area contributed by atoms with E-state index in [9.17, 15) is 26.7 Å². The topological polar surface area (TPSA) is 141 Å². The molecule has 2 aliphatic carbocycles. The van der Waals surface area contributed by atoms with Gasteiger partial charge in [0.1, 0.15) is 12.4 Å². The first-order chi connectivity index (χ1) is 18.3. The summed E-state index contributed by atoms with van der Waals surface area (Å²) in [6, 6.07) is 0. The highest BCUT2D eigenvalue weighted by molar-refractivity contribution is 6.02. The van der Waals surface area contributed by atoms with Crippen LogP contribution in [0.2, 0.25) is 0 Å². The maximum absolute atomic E-state index is 12.7. The quantitative estimate of drug-likeness (QED) is 0.423. The summed E-state index contributed by atoms with van der Waals surface area (Å²) >= 11 is 0. The lowest BCUT2D eigenvalue weighted by atomic mass is 9.62. The number of nitrogens with one attached hydrogen (secondary N) is 1. The number of carboxylic acid groups (broad SMARTS) is 1. The molecule has 3 aromatic rings. The Labute approximate surface area is 216 Å². The SMILES string of the molecule is CC12CC(c3cn4cc(NC(=O)c5coc(C(F)F)n5)nc(OC5CCC5)c4n3)(CO1)C2.O=C(O)C(F)(F)F. The lowest BCUT2D eigenvalue weighted by Crippen LogP contribution is -2.45. The molecule has 2 N–H and O–H groups in total. The van der Waals surface area contributed by atoms with Gasteiger partial charge in [0.05, 0.1) is 24.1 Å². The van der Waals surface area contributed by atoms with Gasteiger partial charge in [-0.05, 0) is 39.0 Å². The van der Waals surface area contributed by atoms with Gasteiger partial charge in [0.2, 0.25) is 5.65 Å². The number of carbonyl (C=O) groups is 2. The third kappa shape index (κ3) is 5.24. The van der Waals surface area contributed by atoms with E-state index in [1.54, 1.807) is 10.6 Å². The molecule has 210 valence electrons. The van der Waals surface area contributed by atoms with Crippen LogP contribution < -0.4 is 10.1 Å². The number of fused-ring (bicyclic) bond motifs is 2. The zero-order valence-electron chi connectivity index (χ0n) is 20.3. The van der Waals surface area contributed by atoms with E-state index in [1.807, 2.05) is 6.20 Å². The molecule has 0 radical (unpaired) electrons. The Balaban J connectivity index is 0.000000392. The third-order valence-corrected chi connectivity index (χ3v) is 6.83. The number of halogens is 5. The summed E-state index contributed by atoms with van der Waals surface area (Å²) in [7, 11) is 0. The van der Waals surface area contributed by atoms with Crippen molar-refractivity contribution >= 4 is 23.3 Å². The van der Waals surface area contributed by atoms with Crippen LogP contribution in [0.4, 0.5) is 27.8 Å². The van der Waals surface area contributed by atoms with Crippen LogP contribution in [0.15, 0.2) is 23.1 Å². The van der Waals surface area contributed by atoms with Crippen molar-refractivity contribution in [1.82, 2.24) is 19.4 Å². The van der Waals surface area contributed by atoms with Crippen molar-refractivity contribution in [1.29, 1.82) is 0 Å². The Kier molecular flexibility index (Phi) is 6.47. The van der Waals surface area contributed by atoms with Gasteiger partial charge in [-0.15, -0.1) is 0 Å². The number of ether oxygens (including phenoxy) is 2. The lowest BCUT2D eigenvalue weighted by Gasteiger charge is -2.41. The predicted molar refractivity (Wildman–Crippen MR) is 120 cm³/mol. The van der Waals surface area contributed by atoms with Crippen molar-refractivity contribution in [2.24, 2.45) is 0 Å². The Hall–Kier alpha value is -3.82. The molecular formula is C23H22F5N5O6. The van der Waals surface area contributed by atoms with Gasteiger partial charge in [-0.1, -0.05) is 0 Å². The Morgan fingerprint density at radius 1 is 1.21 bits per heavy atom. The number of aliphatic carboxylic acids is 1. The summed E-state index contributed by atoms with van der Waals surface area (Å²) in [5.74, 6) is -3.75. The third-order valence-electron chi connectivity index (χ3n) is 6.83. The molecule has 2 aliphatic heterocycles. The number of oxazole rings is 1. The van der Waals surface area contributed by atoms with Crippen molar-refractivity contribution in [3.8, 4) is 5.88 Å². The zero-order chi connectivity index (χ0) is 28.2.